The van der Waals surface area contributed by atoms with Crippen LogP contribution in [0, 0.1) is 0 Å². The average molecular weight is 448 g/mol. The summed E-state index contributed by atoms with van der Waals surface area (Å²) in [6.45, 7) is 2.48. The molecule has 4 rings (SSSR count). The minimum absolute atomic E-state index is 0.202. The maximum atomic E-state index is 12.3. The second kappa shape index (κ2) is 8.80. The Morgan fingerprint density at radius 2 is 1.96 bits per heavy atom. The predicted octanol–water partition coefficient (Wildman–Crippen LogP) is 5.76. The van der Waals surface area contributed by atoms with E-state index in [-0.39, 0.29) is 12.8 Å². The molecule has 27 heavy (non-hydrogen) atoms. The second-order valence-electron chi connectivity index (χ2n) is 6.96. The number of benzene rings is 2. The van der Waals surface area contributed by atoms with Crippen molar-refractivity contribution < 1.29 is 9.13 Å². The Morgan fingerprint density at radius 1 is 1.15 bits per heavy atom. The van der Waals surface area contributed by atoms with E-state index in [0.717, 1.165) is 37.6 Å². The lowest BCUT2D eigenvalue weighted by Crippen LogP contribution is -2.26. The van der Waals surface area contributed by atoms with Gasteiger partial charge in [0.2, 0.25) is 0 Å². The molecule has 2 aromatic rings. The van der Waals surface area contributed by atoms with Gasteiger partial charge in [-0.05, 0) is 42.2 Å². The fraction of sp³-hybridized carbons (Fsp3) is 0.364. The van der Waals surface area contributed by atoms with Crippen LogP contribution in [0.4, 0.5) is 4.39 Å². The van der Waals surface area contributed by atoms with Crippen molar-refractivity contribution in [3.05, 3.63) is 64.1 Å². The molecule has 0 amide bonds. The number of alkyl halides is 1. The molecule has 0 aromatic heterocycles. The lowest BCUT2D eigenvalue weighted by Gasteiger charge is -2.21. The van der Waals surface area contributed by atoms with Gasteiger partial charge in [0.1, 0.15) is 11.9 Å². The molecule has 2 nitrogen and oxygen atoms in total. The van der Waals surface area contributed by atoms with Gasteiger partial charge in [0.15, 0.2) is 0 Å². The molecular weight excluding hydrogens is 425 g/mol. The first kappa shape index (κ1) is 19.0. The van der Waals surface area contributed by atoms with Crippen LogP contribution in [0.3, 0.4) is 0 Å². The molecule has 1 fully saturated rings. The Bertz CT molecular complexity index is 823. The van der Waals surface area contributed by atoms with Gasteiger partial charge in [-0.1, -0.05) is 46.3 Å². The van der Waals surface area contributed by atoms with Crippen molar-refractivity contribution in [1.29, 1.82) is 0 Å². The second-order valence-corrected chi connectivity index (χ2v) is 8.94. The molecule has 2 aromatic carbocycles. The summed E-state index contributed by atoms with van der Waals surface area (Å²) >= 11 is 5.64. The van der Waals surface area contributed by atoms with Crippen LogP contribution in [0.2, 0.25) is 0 Å². The maximum Gasteiger partial charge on any atom is 0.119 e. The van der Waals surface area contributed by atoms with Crippen LogP contribution in [0.25, 0.3) is 5.57 Å². The van der Waals surface area contributed by atoms with E-state index in [0.29, 0.717) is 6.42 Å². The number of rotatable bonds is 6. The molecule has 1 atom stereocenters. The van der Waals surface area contributed by atoms with Gasteiger partial charge >= 0.3 is 0 Å². The van der Waals surface area contributed by atoms with Crippen molar-refractivity contribution in [1.82, 2.24) is 4.90 Å². The summed E-state index contributed by atoms with van der Waals surface area (Å²) in [5.74, 6) is 1.87. The number of nitrogens with zero attached hydrogens (tertiary/aromatic N) is 1. The highest BCUT2D eigenvalue weighted by molar-refractivity contribution is 9.12. The summed E-state index contributed by atoms with van der Waals surface area (Å²) in [5, 5.41) is 0. The third-order valence-corrected chi connectivity index (χ3v) is 7.21. The fourth-order valence-corrected chi connectivity index (χ4v) is 5.46. The van der Waals surface area contributed by atoms with Crippen LogP contribution in [0.15, 0.2) is 57.9 Å². The number of ether oxygens (including phenoxy) is 1. The van der Waals surface area contributed by atoms with Gasteiger partial charge in [0.25, 0.3) is 0 Å². The summed E-state index contributed by atoms with van der Waals surface area (Å²) in [6, 6.07) is 17.0. The monoisotopic (exact) mass is 447 g/mol. The van der Waals surface area contributed by atoms with E-state index >= 15 is 0 Å². The van der Waals surface area contributed by atoms with Crippen LogP contribution in [-0.4, -0.2) is 43.1 Å². The highest BCUT2D eigenvalue weighted by Crippen LogP contribution is 2.42. The zero-order chi connectivity index (χ0) is 18.6. The topological polar surface area (TPSA) is 12.5 Å². The molecule has 2 aliphatic rings. The smallest absolute Gasteiger partial charge is 0.119 e. The van der Waals surface area contributed by atoms with Gasteiger partial charge in [-0.15, -0.1) is 11.8 Å². The Balaban J connectivity index is 1.45. The predicted molar refractivity (Wildman–Crippen MR) is 115 cm³/mol. The zero-order valence-corrected chi connectivity index (χ0v) is 17.6. The lowest BCUT2D eigenvalue weighted by atomic mass is 9.97. The first-order valence-corrected chi connectivity index (χ1v) is 11.2. The Morgan fingerprint density at radius 3 is 2.78 bits per heavy atom. The molecule has 142 valence electrons. The number of likely N-dealkylation sites (tertiary alicyclic amines) is 1. The number of hydrogen-bond donors (Lipinski definition) is 0. The number of thioether (sulfide) groups is 1. The summed E-state index contributed by atoms with van der Waals surface area (Å²) in [6.07, 6.45) is 1.83. The van der Waals surface area contributed by atoms with Crippen molar-refractivity contribution in [2.45, 2.75) is 23.8 Å². The summed E-state index contributed by atoms with van der Waals surface area (Å²) < 4.78 is 19.7. The lowest BCUT2D eigenvalue weighted by molar-refractivity contribution is 0.198. The molecule has 0 N–H and O–H groups in total. The van der Waals surface area contributed by atoms with E-state index in [1.54, 1.807) is 0 Å². The molecule has 0 aliphatic carbocycles. The summed E-state index contributed by atoms with van der Waals surface area (Å²) in [5.41, 5.74) is 3.76. The molecule has 0 unspecified atom stereocenters. The first-order chi connectivity index (χ1) is 13.2. The molecule has 0 saturated carbocycles. The van der Waals surface area contributed by atoms with Crippen LogP contribution < -0.4 is 4.74 Å². The van der Waals surface area contributed by atoms with Gasteiger partial charge in [0, 0.05) is 40.3 Å². The van der Waals surface area contributed by atoms with E-state index in [2.05, 4.69) is 69.4 Å². The van der Waals surface area contributed by atoms with Crippen LogP contribution in [-0.2, 0) is 0 Å². The first-order valence-electron chi connectivity index (χ1n) is 9.41. The van der Waals surface area contributed by atoms with Gasteiger partial charge in [-0.25, -0.2) is 0 Å². The SMILES string of the molecule is FCCCN1CC[C@H](Oc2ccc(C3=C(Br)CSc4ccccc43)cc2)C1. The van der Waals surface area contributed by atoms with E-state index in [1.165, 1.54) is 26.1 Å². The van der Waals surface area contributed by atoms with Crippen LogP contribution in [0.1, 0.15) is 24.0 Å². The van der Waals surface area contributed by atoms with E-state index in [9.17, 15) is 4.39 Å². The molecule has 2 aliphatic heterocycles. The Kier molecular flexibility index (Phi) is 6.21. The van der Waals surface area contributed by atoms with Gasteiger partial charge in [0.05, 0.1) is 6.67 Å². The maximum absolute atomic E-state index is 12.3. The number of fused-ring (bicyclic) bond motifs is 1. The minimum atomic E-state index is -0.240. The third-order valence-electron chi connectivity index (χ3n) is 5.06. The molecular formula is C22H23BrFNOS. The Labute approximate surface area is 172 Å². The molecule has 0 bridgehead atoms. The van der Waals surface area contributed by atoms with Crippen LogP contribution >= 0.6 is 27.7 Å². The largest absolute Gasteiger partial charge is 0.489 e. The molecule has 0 spiro atoms. The molecule has 2 heterocycles. The number of halogens is 2. The van der Waals surface area contributed by atoms with E-state index < -0.39 is 0 Å². The molecule has 0 radical (unpaired) electrons. The quantitative estimate of drug-likeness (QED) is 0.558. The Hall–Kier alpha value is -1.30. The molecule has 1 saturated heterocycles. The third kappa shape index (κ3) is 4.41. The highest BCUT2D eigenvalue weighted by Gasteiger charge is 2.24. The van der Waals surface area contributed by atoms with Gasteiger partial charge in [-0.3, -0.25) is 9.29 Å². The average Bonchev–Trinajstić information content (AvgIpc) is 3.14. The standard InChI is InChI=1S/C22H23BrFNOS/c23-20-15-27-21-5-2-1-4-19(21)22(20)16-6-8-17(9-7-16)26-18-10-13-25(14-18)12-3-11-24/h1-2,4-9,18H,3,10-15H2/t18-/m0/s1. The van der Waals surface area contributed by atoms with Gasteiger partial charge < -0.3 is 4.74 Å². The van der Waals surface area contributed by atoms with Crippen molar-refractivity contribution in [2.24, 2.45) is 0 Å². The summed E-state index contributed by atoms with van der Waals surface area (Å²) in [4.78, 5) is 3.62. The fourth-order valence-electron chi connectivity index (χ4n) is 3.74. The van der Waals surface area contributed by atoms with Crippen molar-refractivity contribution in [2.75, 3.05) is 32.1 Å². The van der Waals surface area contributed by atoms with Crippen LogP contribution in [0.5, 0.6) is 5.75 Å². The normalized spacial score (nSPS) is 20.0. The highest BCUT2D eigenvalue weighted by atomic mass is 79.9. The van der Waals surface area contributed by atoms with Gasteiger partial charge in [-0.2, -0.15) is 0 Å². The van der Waals surface area contributed by atoms with Crippen molar-refractivity contribution in [3.63, 3.8) is 0 Å². The molecule has 5 heteroatoms. The number of hydrogen-bond acceptors (Lipinski definition) is 3. The van der Waals surface area contributed by atoms with Crippen molar-refractivity contribution in [3.8, 4) is 5.75 Å². The van der Waals surface area contributed by atoms with E-state index in [1.807, 2.05) is 11.8 Å². The van der Waals surface area contributed by atoms with E-state index in [4.69, 9.17) is 4.74 Å². The van der Waals surface area contributed by atoms with Crippen molar-refractivity contribution >= 4 is 33.3 Å². The summed E-state index contributed by atoms with van der Waals surface area (Å²) in [7, 11) is 0. The minimum Gasteiger partial charge on any atom is -0.489 e. The zero-order valence-electron chi connectivity index (χ0n) is 15.2.